The van der Waals surface area contributed by atoms with E-state index in [-0.39, 0.29) is 6.54 Å². The van der Waals surface area contributed by atoms with Gasteiger partial charge < -0.3 is 36.4 Å². The van der Waals surface area contributed by atoms with Crippen molar-refractivity contribution in [3.8, 4) is 0 Å². The van der Waals surface area contributed by atoms with Crippen LogP contribution in [-0.4, -0.2) is 80.5 Å². The minimum Gasteiger partial charge on any atom is -0.480 e. The number of carboxylic acid groups (broad SMARTS) is 1. The van der Waals surface area contributed by atoms with Crippen LogP contribution in [0.2, 0.25) is 0 Å². The maximum absolute atomic E-state index is 10.5. The van der Waals surface area contributed by atoms with E-state index in [4.69, 9.17) is 30.6 Å². The van der Waals surface area contributed by atoms with Crippen molar-refractivity contribution in [2.45, 2.75) is 18.3 Å². The molecule has 0 heterocycles. The van der Waals surface area contributed by atoms with E-state index in [2.05, 4.69) is 5.73 Å². The molecule has 0 aromatic rings. The summed E-state index contributed by atoms with van der Waals surface area (Å²) < 4.78 is 0. The molecule has 17 heavy (non-hydrogen) atoms. The first-order chi connectivity index (χ1) is 7.81. The second-order valence-corrected chi connectivity index (χ2v) is 2.91. The van der Waals surface area contributed by atoms with Gasteiger partial charge in [0.05, 0.1) is 13.2 Å². The Labute approximate surface area is 96.7 Å². The Morgan fingerprint density at radius 3 is 1.76 bits per heavy atom. The normalized spacial score (nSPS) is 15.2. The lowest BCUT2D eigenvalue weighted by Crippen LogP contribution is -2.44. The number of carbonyl (C=O) groups is 2. The largest absolute Gasteiger partial charge is 0.480 e. The molecule has 0 fully saturated rings. The van der Waals surface area contributed by atoms with Crippen LogP contribution in [0.4, 0.5) is 0 Å². The number of aliphatic hydroxyl groups excluding tert-OH is 5. The Kier molecular flexibility index (Phi) is 10.8. The minimum atomic E-state index is -1.86. The highest BCUT2D eigenvalue weighted by Crippen LogP contribution is 2.00. The van der Waals surface area contributed by atoms with E-state index < -0.39 is 43.3 Å². The van der Waals surface area contributed by atoms with Crippen LogP contribution in [0.25, 0.3) is 0 Å². The van der Waals surface area contributed by atoms with E-state index in [9.17, 15) is 9.59 Å². The van der Waals surface area contributed by atoms with Gasteiger partial charge in [0.15, 0.2) is 5.78 Å². The summed E-state index contributed by atoms with van der Waals surface area (Å²) in [7, 11) is 0. The SMILES string of the molecule is NCC(=O)O.O=C(CO)[C@H](O)[C@@H](O)[C@H](O)CO. The molecule has 102 valence electrons. The number of rotatable bonds is 6. The lowest BCUT2D eigenvalue weighted by atomic mass is 10.1. The second kappa shape index (κ2) is 10.1. The summed E-state index contributed by atoms with van der Waals surface area (Å²) in [6, 6.07) is 0. The van der Waals surface area contributed by atoms with E-state index in [0.29, 0.717) is 0 Å². The van der Waals surface area contributed by atoms with E-state index in [1.807, 2.05) is 0 Å². The Morgan fingerprint density at radius 2 is 1.53 bits per heavy atom. The average Bonchev–Trinajstić information content (AvgIpc) is 2.35. The van der Waals surface area contributed by atoms with Crippen LogP contribution in [-0.2, 0) is 9.59 Å². The molecule has 0 amide bonds. The predicted molar refractivity (Wildman–Crippen MR) is 53.9 cm³/mol. The molecular formula is C8H17NO8. The smallest absolute Gasteiger partial charge is 0.317 e. The van der Waals surface area contributed by atoms with Gasteiger partial charge in [0, 0.05) is 0 Å². The predicted octanol–water partition coefficient (Wildman–Crippen LogP) is -4.35. The van der Waals surface area contributed by atoms with Crippen LogP contribution in [0.1, 0.15) is 0 Å². The summed E-state index contributed by atoms with van der Waals surface area (Å²) in [5, 5.41) is 50.7. The Balaban J connectivity index is 0. The zero-order chi connectivity index (χ0) is 14.0. The van der Waals surface area contributed by atoms with Crippen LogP contribution < -0.4 is 5.73 Å². The molecule has 0 aliphatic carbocycles. The van der Waals surface area contributed by atoms with Gasteiger partial charge in [0.1, 0.15) is 24.9 Å². The molecule has 0 radical (unpaired) electrons. The molecule has 0 aromatic carbocycles. The van der Waals surface area contributed by atoms with Gasteiger partial charge in [-0.1, -0.05) is 0 Å². The van der Waals surface area contributed by atoms with Crippen molar-refractivity contribution in [3.63, 3.8) is 0 Å². The summed E-state index contributed by atoms with van der Waals surface area (Å²) >= 11 is 0. The molecular weight excluding hydrogens is 238 g/mol. The van der Waals surface area contributed by atoms with E-state index in [1.165, 1.54) is 0 Å². The fourth-order valence-corrected chi connectivity index (χ4v) is 0.602. The summed E-state index contributed by atoms with van der Waals surface area (Å²) in [6.07, 6.45) is -5.22. The molecule has 9 heteroatoms. The molecule has 0 bridgehead atoms. The molecule has 3 atom stereocenters. The van der Waals surface area contributed by atoms with Crippen molar-refractivity contribution in [2.75, 3.05) is 19.8 Å². The zero-order valence-corrected chi connectivity index (χ0v) is 8.93. The number of hydrogen-bond donors (Lipinski definition) is 7. The lowest BCUT2D eigenvalue weighted by Gasteiger charge is -2.19. The third kappa shape index (κ3) is 8.68. The van der Waals surface area contributed by atoms with E-state index in [1.54, 1.807) is 0 Å². The number of hydrogen-bond acceptors (Lipinski definition) is 8. The lowest BCUT2D eigenvalue weighted by molar-refractivity contribution is -0.142. The Hall–Kier alpha value is -1.10. The van der Waals surface area contributed by atoms with Gasteiger partial charge in [-0.05, 0) is 0 Å². The number of ketones is 1. The monoisotopic (exact) mass is 255 g/mol. The van der Waals surface area contributed by atoms with Crippen LogP contribution in [0.15, 0.2) is 0 Å². The first-order valence-electron chi connectivity index (χ1n) is 4.52. The third-order valence-electron chi connectivity index (χ3n) is 1.57. The molecule has 0 aromatic heterocycles. The molecule has 0 saturated carbocycles. The van der Waals surface area contributed by atoms with Gasteiger partial charge in [0.25, 0.3) is 0 Å². The molecule has 0 rings (SSSR count). The highest BCUT2D eigenvalue weighted by Gasteiger charge is 2.28. The first kappa shape index (κ1) is 18.3. The quantitative estimate of drug-likeness (QED) is 0.246. The van der Waals surface area contributed by atoms with Gasteiger partial charge in [0.2, 0.25) is 0 Å². The zero-order valence-electron chi connectivity index (χ0n) is 8.93. The van der Waals surface area contributed by atoms with Gasteiger partial charge in [-0.3, -0.25) is 9.59 Å². The first-order valence-corrected chi connectivity index (χ1v) is 4.52. The summed E-state index contributed by atoms with van der Waals surface area (Å²) in [5.74, 6) is -1.97. The summed E-state index contributed by atoms with van der Waals surface area (Å²) in [5.41, 5.74) is 4.57. The van der Waals surface area contributed by atoms with Crippen molar-refractivity contribution in [1.82, 2.24) is 0 Å². The minimum absolute atomic E-state index is 0.278. The molecule has 0 saturated heterocycles. The molecule has 8 N–H and O–H groups in total. The molecule has 0 aliphatic rings. The van der Waals surface area contributed by atoms with Gasteiger partial charge in [-0.15, -0.1) is 0 Å². The Bertz CT molecular complexity index is 234. The highest BCUT2D eigenvalue weighted by atomic mass is 16.4. The molecule has 9 nitrogen and oxygen atoms in total. The van der Waals surface area contributed by atoms with Crippen molar-refractivity contribution >= 4 is 11.8 Å². The number of aliphatic hydroxyl groups is 5. The van der Waals surface area contributed by atoms with Crippen molar-refractivity contribution in [3.05, 3.63) is 0 Å². The fraction of sp³-hybridized carbons (Fsp3) is 0.750. The topological polar surface area (TPSA) is 182 Å². The van der Waals surface area contributed by atoms with Crippen molar-refractivity contribution in [2.24, 2.45) is 5.73 Å². The third-order valence-corrected chi connectivity index (χ3v) is 1.57. The van der Waals surface area contributed by atoms with Crippen LogP contribution in [0, 0.1) is 0 Å². The number of aliphatic carboxylic acids is 1. The highest BCUT2D eigenvalue weighted by molar-refractivity contribution is 5.84. The average molecular weight is 255 g/mol. The molecule has 0 aliphatic heterocycles. The maximum atomic E-state index is 10.5. The number of carboxylic acids is 1. The standard InChI is InChI=1S/C6H12O6.C2H5NO2/c7-1-3(9)5(11)6(12)4(10)2-8;3-1-2(4)5/h3,5-9,11-12H,1-2H2;1,3H2,(H,4,5)/t3-,5+,6+;/m1./s1. The second-order valence-electron chi connectivity index (χ2n) is 2.91. The molecule has 0 unspecified atom stereocenters. The van der Waals surface area contributed by atoms with Gasteiger partial charge >= 0.3 is 5.97 Å². The summed E-state index contributed by atoms with van der Waals surface area (Å²) in [6.45, 7) is -1.96. The van der Waals surface area contributed by atoms with Crippen LogP contribution >= 0.6 is 0 Å². The van der Waals surface area contributed by atoms with Crippen molar-refractivity contribution < 1.29 is 40.2 Å². The number of Topliss-reactive ketones (excluding diaryl/α,β-unsaturated/α-hetero) is 1. The Morgan fingerprint density at radius 1 is 1.12 bits per heavy atom. The van der Waals surface area contributed by atoms with Crippen LogP contribution in [0.5, 0.6) is 0 Å². The van der Waals surface area contributed by atoms with Gasteiger partial charge in [-0.2, -0.15) is 0 Å². The van der Waals surface area contributed by atoms with E-state index >= 15 is 0 Å². The number of nitrogens with two attached hydrogens (primary N) is 1. The van der Waals surface area contributed by atoms with Crippen molar-refractivity contribution in [1.29, 1.82) is 0 Å². The van der Waals surface area contributed by atoms with Gasteiger partial charge in [-0.25, -0.2) is 0 Å². The van der Waals surface area contributed by atoms with Crippen LogP contribution in [0.3, 0.4) is 0 Å². The van der Waals surface area contributed by atoms with E-state index in [0.717, 1.165) is 0 Å². The number of carbonyl (C=O) groups excluding carboxylic acids is 1. The molecule has 0 spiro atoms. The summed E-state index contributed by atoms with van der Waals surface area (Å²) in [4.78, 5) is 19.8. The maximum Gasteiger partial charge on any atom is 0.317 e. The fourth-order valence-electron chi connectivity index (χ4n) is 0.602.